The summed E-state index contributed by atoms with van der Waals surface area (Å²) in [7, 11) is 2.62. The molecular weight excluding hydrogens is 344 g/mol. The highest BCUT2D eigenvalue weighted by molar-refractivity contribution is 7.89. The van der Waals surface area contributed by atoms with Crippen molar-refractivity contribution in [1.29, 1.82) is 0 Å². The van der Waals surface area contributed by atoms with Gasteiger partial charge in [-0.3, -0.25) is 4.79 Å². The maximum absolute atomic E-state index is 12.4. The number of aromatic nitrogens is 1. The maximum Gasteiger partial charge on any atom is 0.255 e. The molecule has 0 spiro atoms. The normalized spacial score (nSPS) is 11.0. The van der Waals surface area contributed by atoms with Gasteiger partial charge in [-0.2, -0.15) is 0 Å². The van der Waals surface area contributed by atoms with Crippen LogP contribution in [0.5, 0.6) is 5.75 Å². The van der Waals surface area contributed by atoms with E-state index in [0.717, 1.165) is 5.82 Å². The quantitative estimate of drug-likeness (QED) is 0.802. The first-order valence-electron chi connectivity index (χ1n) is 7.35. The van der Waals surface area contributed by atoms with Crippen LogP contribution < -0.4 is 19.7 Å². The fourth-order valence-electron chi connectivity index (χ4n) is 2.07. The molecule has 1 amide bonds. The lowest BCUT2D eigenvalue weighted by Gasteiger charge is -2.13. The van der Waals surface area contributed by atoms with Gasteiger partial charge in [0.05, 0.1) is 19.0 Å². The van der Waals surface area contributed by atoms with E-state index in [2.05, 4.69) is 15.0 Å². The van der Waals surface area contributed by atoms with Crippen molar-refractivity contribution >= 4 is 27.4 Å². The van der Waals surface area contributed by atoms with E-state index in [-0.39, 0.29) is 16.2 Å². The predicted molar refractivity (Wildman–Crippen MR) is 95.8 cm³/mol. The molecule has 2 aromatic rings. The van der Waals surface area contributed by atoms with Crippen LogP contribution in [0.15, 0.2) is 41.4 Å². The monoisotopic (exact) mass is 364 g/mol. The third-order valence-electron chi connectivity index (χ3n) is 3.45. The van der Waals surface area contributed by atoms with Crippen LogP contribution in [-0.4, -0.2) is 47.6 Å². The molecule has 25 heavy (non-hydrogen) atoms. The van der Waals surface area contributed by atoms with Gasteiger partial charge in [0.15, 0.2) is 0 Å². The van der Waals surface area contributed by atoms with Gasteiger partial charge < -0.3 is 15.0 Å². The molecule has 0 aliphatic carbocycles. The highest BCUT2D eigenvalue weighted by atomic mass is 32.2. The minimum atomic E-state index is -3.76. The summed E-state index contributed by atoms with van der Waals surface area (Å²) in [6, 6.07) is 7.67. The van der Waals surface area contributed by atoms with Crippen molar-refractivity contribution in [3.05, 3.63) is 42.1 Å². The Morgan fingerprint density at radius 2 is 1.92 bits per heavy atom. The average Bonchev–Trinajstić information content (AvgIpc) is 2.61. The molecule has 0 bridgehead atoms. The van der Waals surface area contributed by atoms with E-state index >= 15 is 0 Å². The Labute approximate surface area is 146 Å². The molecule has 0 saturated carbocycles. The van der Waals surface area contributed by atoms with Crippen LogP contribution in [0.4, 0.5) is 11.5 Å². The van der Waals surface area contributed by atoms with Crippen LogP contribution in [0.2, 0.25) is 0 Å². The number of ether oxygens (including phenoxy) is 1. The van der Waals surface area contributed by atoms with Gasteiger partial charge in [0.2, 0.25) is 10.0 Å². The summed E-state index contributed by atoms with van der Waals surface area (Å²) in [5.74, 6) is 0.461. The lowest BCUT2D eigenvalue weighted by molar-refractivity contribution is 0.102. The zero-order valence-corrected chi connectivity index (χ0v) is 15.2. The number of carbonyl (C=O) groups is 1. The van der Waals surface area contributed by atoms with Gasteiger partial charge in [0.1, 0.15) is 16.5 Å². The van der Waals surface area contributed by atoms with Crippen LogP contribution in [0.25, 0.3) is 0 Å². The predicted octanol–water partition coefficient (Wildman–Crippen LogP) is 1.32. The minimum absolute atomic E-state index is 0.105. The van der Waals surface area contributed by atoms with E-state index in [1.165, 1.54) is 38.6 Å². The molecule has 0 aliphatic rings. The third-order valence-corrected chi connectivity index (χ3v) is 4.88. The molecule has 0 unspecified atom stereocenters. The highest BCUT2D eigenvalue weighted by Gasteiger charge is 2.20. The Hall–Kier alpha value is -2.65. The molecule has 0 saturated heterocycles. The first-order chi connectivity index (χ1) is 11.8. The summed E-state index contributed by atoms with van der Waals surface area (Å²) < 4.78 is 31.4. The second-order valence-electron chi connectivity index (χ2n) is 5.33. The average molecular weight is 364 g/mol. The molecular formula is C16H20N4O4S. The smallest absolute Gasteiger partial charge is 0.255 e. The largest absolute Gasteiger partial charge is 0.495 e. The van der Waals surface area contributed by atoms with Crippen molar-refractivity contribution in [1.82, 2.24) is 9.71 Å². The highest BCUT2D eigenvalue weighted by Crippen LogP contribution is 2.25. The lowest BCUT2D eigenvalue weighted by atomic mass is 10.2. The van der Waals surface area contributed by atoms with Gasteiger partial charge in [-0.05, 0) is 37.4 Å². The van der Waals surface area contributed by atoms with Crippen molar-refractivity contribution in [3.8, 4) is 5.75 Å². The number of pyridine rings is 1. The van der Waals surface area contributed by atoms with E-state index in [4.69, 9.17) is 4.74 Å². The molecule has 2 N–H and O–H groups in total. The number of benzene rings is 1. The molecule has 134 valence electrons. The summed E-state index contributed by atoms with van der Waals surface area (Å²) in [5, 5.41) is 2.68. The van der Waals surface area contributed by atoms with Crippen LogP contribution in [-0.2, 0) is 10.0 Å². The maximum atomic E-state index is 12.4. The fourth-order valence-corrected chi connectivity index (χ4v) is 2.98. The molecule has 1 aromatic heterocycles. The second kappa shape index (κ2) is 7.49. The number of hydrogen-bond donors (Lipinski definition) is 2. The number of amides is 1. The first kappa shape index (κ1) is 18.7. The molecule has 0 atom stereocenters. The summed E-state index contributed by atoms with van der Waals surface area (Å²) >= 11 is 0. The van der Waals surface area contributed by atoms with Crippen molar-refractivity contribution in [2.24, 2.45) is 0 Å². The van der Waals surface area contributed by atoms with Gasteiger partial charge in [0.25, 0.3) is 5.91 Å². The lowest BCUT2D eigenvalue weighted by Crippen LogP contribution is -2.20. The van der Waals surface area contributed by atoms with E-state index in [9.17, 15) is 13.2 Å². The number of methoxy groups -OCH3 is 1. The van der Waals surface area contributed by atoms with Crippen molar-refractivity contribution in [2.75, 3.05) is 38.5 Å². The SMILES string of the molecule is CNS(=O)(=O)c1cc(C(=O)Nc2ccc(N(C)C)nc2)ccc1OC. The zero-order valence-electron chi connectivity index (χ0n) is 14.4. The van der Waals surface area contributed by atoms with E-state index in [1.807, 2.05) is 19.0 Å². The Morgan fingerprint density at radius 3 is 2.44 bits per heavy atom. The summed E-state index contributed by atoms with van der Waals surface area (Å²) in [5.41, 5.74) is 0.691. The van der Waals surface area contributed by atoms with Gasteiger partial charge in [-0.15, -0.1) is 0 Å². The van der Waals surface area contributed by atoms with E-state index < -0.39 is 15.9 Å². The molecule has 9 heteroatoms. The Kier molecular flexibility index (Phi) is 5.60. The molecule has 0 fully saturated rings. The first-order valence-corrected chi connectivity index (χ1v) is 8.83. The topological polar surface area (TPSA) is 101 Å². The Bertz CT molecular complexity index is 864. The van der Waals surface area contributed by atoms with Crippen molar-refractivity contribution in [3.63, 3.8) is 0 Å². The number of anilines is 2. The Morgan fingerprint density at radius 1 is 1.20 bits per heavy atom. The molecule has 0 radical (unpaired) electrons. The minimum Gasteiger partial charge on any atom is -0.495 e. The van der Waals surface area contributed by atoms with Crippen molar-refractivity contribution < 1.29 is 17.9 Å². The molecule has 0 aliphatic heterocycles. The van der Waals surface area contributed by atoms with Gasteiger partial charge in [-0.25, -0.2) is 18.1 Å². The van der Waals surface area contributed by atoms with Crippen LogP contribution in [0.3, 0.4) is 0 Å². The molecule has 2 rings (SSSR count). The van der Waals surface area contributed by atoms with E-state index in [0.29, 0.717) is 5.69 Å². The Balaban J connectivity index is 2.29. The summed E-state index contributed by atoms with van der Waals surface area (Å²) in [4.78, 5) is 18.3. The van der Waals surface area contributed by atoms with Crippen LogP contribution in [0.1, 0.15) is 10.4 Å². The molecule has 1 heterocycles. The fraction of sp³-hybridized carbons (Fsp3) is 0.250. The van der Waals surface area contributed by atoms with E-state index in [1.54, 1.807) is 12.1 Å². The number of sulfonamides is 1. The molecule has 8 nitrogen and oxygen atoms in total. The van der Waals surface area contributed by atoms with Crippen LogP contribution in [0, 0.1) is 0 Å². The van der Waals surface area contributed by atoms with Crippen molar-refractivity contribution in [2.45, 2.75) is 4.90 Å². The zero-order chi connectivity index (χ0) is 18.6. The van der Waals surface area contributed by atoms with Gasteiger partial charge >= 0.3 is 0 Å². The summed E-state index contributed by atoms with van der Waals surface area (Å²) in [6.07, 6.45) is 1.53. The van der Waals surface area contributed by atoms with Gasteiger partial charge in [0, 0.05) is 19.7 Å². The standard InChI is InChI=1S/C16H20N4O4S/c1-17-25(22,23)14-9-11(5-7-13(14)24-4)16(21)19-12-6-8-15(18-10-12)20(2)3/h5-10,17H,1-4H3,(H,19,21). The number of carbonyl (C=O) groups excluding carboxylic acids is 1. The molecule has 1 aromatic carbocycles. The second-order valence-corrected chi connectivity index (χ2v) is 7.18. The number of nitrogens with one attached hydrogen (secondary N) is 2. The number of hydrogen-bond acceptors (Lipinski definition) is 6. The number of rotatable bonds is 6. The van der Waals surface area contributed by atoms with Gasteiger partial charge in [-0.1, -0.05) is 0 Å². The summed E-state index contributed by atoms with van der Waals surface area (Å²) in [6.45, 7) is 0. The van der Waals surface area contributed by atoms with Crippen LogP contribution >= 0.6 is 0 Å². The third kappa shape index (κ3) is 4.25. The number of nitrogens with zero attached hydrogens (tertiary/aromatic N) is 2.